The van der Waals surface area contributed by atoms with Crippen LogP contribution in [0.2, 0.25) is 0 Å². The van der Waals surface area contributed by atoms with Crippen LogP contribution >= 0.6 is 0 Å². The van der Waals surface area contributed by atoms with Gasteiger partial charge in [-0.25, -0.2) is 0 Å². The van der Waals surface area contributed by atoms with E-state index in [2.05, 4.69) is 228 Å². The third-order valence-electron chi connectivity index (χ3n) is 13.7. The van der Waals surface area contributed by atoms with Crippen molar-refractivity contribution in [2.24, 2.45) is 0 Å². The number of rotatable bonds is 6. The van der Waals surface area contributed by atoms with E-state index in [0.29, 0.717) is 0 Å². The molecule has 4 aromatic heterocycles. The van der Waals surface area contributed by atoms with Crippen molar-refractivity contribution in [2.45, 2.75) is 0 Å². The summed E-state index contributed by atoms with van der Waals surface area (Å²) in [5.41, 5.74) is 10.3. The van der Waals surface area contributed by atoms with Crippen molar-refractivity contribution < 1.29 is 8.83 Å². The molecule has 11 aromatic carbocycles. The van der Waals surface area contributed by atoms with E-state index in [1.165, 1.54) is 60.7 Å². The fourth-order valence-corrected chi connectivity index (χ4v) is 15.7. The van der Waals surface area contributed by atoms with Gasteiger partial charge in [-0.1, -0.05) is 0 Å². The zero-order valence-electron chi connectivity index (χ0n) is 36.3. The van der Waals surface area contributed by atoms with Crippen molar-refractivity contribution in [1.82, 2.24) is 0 Å². The average Bonchev–Trinajstić information content (AvgIpc) is 4.15. The number of nitrogens with zero attached hydrogens (tertiary/aromatic N) is 2. The Labute approximate surface area is 401 Å². The number of fused-ring (bicyclic) bond motifs is 14. The van der Waals surface area contributed by atoms with Crippen LogP contribution in [-0.4, -0.2) is 29.0 Å². The number of benzene rings is 11. The molecule has 4 nitrogen and oxygen atoms in total. The molecule has 0 fully saturated rings. The Kier molecular flexibility index (Phi) is 8.36. The van der Waals surface area contributed by atoms with E-state index in [1.807, 2.05) is 0 Å². The van der Waals surface area contributed by atoms with E-state index in [1.54, 1.807) is 0 Å². The van der Waals surface area contributed by atoms with Gasteiger partial charge >= 0.3 is 404 Å². The summed E-state index contributed by atoms with van der Waals surface area (Å²) < 4.78 is 19.1. The summed E-state index contributed by atoms with van der Waals surface area (Å²) in [5, 5.41) is 14.4. The molecule has 0 bridgehead atoms. The average molecular weight is 999 g/mol. The van der Waals surface area contributed by atoms with Crippen molar-refractivity contribution in [3.05, 3.63) is 218 Å². The molecule has 0 spiro atoms. The number of furan rings is 2. The first-order valence-corrected chi connectivity index (χ1v) is 26.3. The van der Waals surface area contributed by atoms with Crippen LogP contribution in [0.4, 0.5) is 34.1 Å². The van der Waals surface area contributed by atoms with Gasteiger partial charge in [-0.3, -0.25) is 0 Å². The molecular weight excluding hydrogens is 963 g/mol. The van der Waals surface area contributed by atoms with E-state index >= 15 is 0 Å². The SMILES string of the molecule is c1ccc(N(c2ccc3cc4c(cc3c2)oc2cc3oc5cc6cc(N(c7ccccc7)c7cccc8c7[se]c7ccccc78)ccc6cc5c3cc24)c2cccc3c2[se]c2ccccc23)cc1. The molecule has 0 saturated carbocycles. The van der Waals surface area contributed by atoms with Gasteiger partial charge in [-0.15, -0.1) is 0 Å². The zero-order chi connectivity index (χ0) is 44.5. The van der Waals surface area contributed by atoms with Gasteiger partial charge in [0.15, 0.2) is 0 Å². The molecule has 0 unspecified atom stereocenters. The first-order valence-electron chi connectivity index (χ1n) is 22.9. The summed E-state index contributed by atoms with van der Waals surface area (Å²) in [6.07, 6.45) is 0. The van der Waals surface area contributed by atoms with E-state index in [9.17, 15) is 0 Å². The second-order valence-corrected chi connectivity index (χ2v) is 22.1. The van der Waals surface area contributed by atoms with Crippen molar-refractivity contribution in [3.8, 4) is 0 Å². The molecule has 15 aromatic rings. The molecule has 0 aliphatic carbocycles. The number of anilines is 6. The van der Waals surface area contributed by atoms with Crippen LogP contribution in [0.25, 0.3) is 104 Å². The Balaban J connectivity index is 0.836. The molecular formula is C62H36N2O2Se2. The molecule has 0 aliphatic rings. The molecule has 318 valence electrons. The number of para-hydroxylation sites is 2. The predicted molar refractivity (Wildman–Crippen MR) is 289 cm³/mol. The third-order valence-corrected chi connectivity index (χ3v) is 18.8. The van der Waals surface area contributed by atoms with Crippen molar-refractivity contribution >= 4 is 167 Å². The summed E-state index contributed by atoms with van der Waals surface area (Å²) in [5.74, 6) is 0. The molecule has 68 heavy (non-hydrogen) atoms. The van der Waals surface area contributed by atoms with Crippen molar-refractivity contribution in [3.63, 3.8) is 0 Å². The van der Waals surface area contributed by atoms with Gasteiger partial charge in [0.25, 0.3) is 0 Å². The minimum atomic E-state index is 0.205. The first kappa shape index (κ1) is 38.3. The van der Waals surface area contributed by atoms with Gasteiger partial charge in [0.2, 0.25) is 0 Å². The van der Waals surface area contributed by atoms with Gasteiger partial charge in [-0.2, -0.15) is 0 Å². The molecule has 6 heteroatoms. The van der Waals surface area contributed by atoms with Crippen LogP contribution in [0.1, 0.15) is 0 Å². The second-order valence-electron chi connectivity index (χ2n) is 17.7. The Morgan fingerprint density at radius 2 is 0.676 bits per heavy atom. The molecule has 0 saturated heterocycles. The third kappa shape index (κ3) is 5.86. The zero-order valence-corrected chi connectivity index (χ0v) is 39.7. The second kappa shape index (κ2) is 14.8. The summed E-state index contributed by atoms with van der Waals surface area (Å²) in [7, 11) is 0. The van der Waals surface area contributed by atoms with Crippen LogP contribution in [0.15, 0.2) is 227 Å². The first-order chi connectivity index (χ1) is 33.7. The normalized spacial score (nSPS) is 12.1. The van der Waals surface area contributed by atoms with E-state index in [4.69, 9.17) is 8.83 Å². The quantitative estimate of drug-likeness (QED) is 0.155. The molecule has 0 N–H and O–H groups in total. The summed E-state index contributed by atoms with van der Waals surface area (Å²) >= 11 is 0.409. The fraction of sp³-hybridized carbons (Fsp3) is 0. The van der Waals surface area contributed by atoms with Crippen molar-refractivity contribution in [1.29, 1.82) is 0 Å². The van der Waals surface area contributed by atoms with Crippen LogP contribution in [0.3, 0.4) is 0 Å². The molecule has 0 atom stereocenters. The van der Waals surface area contributed by atoms with E-state index < -0.39 is 0 Å². The molecule has 0 aliphatic heterocycles. The topological polar surface area (TPSA) is 32.8 Å². The van der Waals surface area contributed by atoms with Gasteiger partial charge in [0, 0.05) is 0 Å². The van der Waals surface area contributed by atoms with Gasteiger partial charge in [-0.05, 0) is 0 Å². The van der Waals surface area contributed by atoms with Gasteiger partial charge in [0.1, 0.15) is 0 Å². The predicted octanol–water partition coefficient (Wildman–Crippen LogP) is 17.5. The summed E-state index contributed by atoms with van der Waals surface area (Å²) in [6, 6.07) is 79.8. The monoisotopic (exact) mass is 1000 g/mol. The maximum absolute atomic E-state index is 6.71. The summed E-state index contributed by atoms with van der Waals surface area (Å²) in [4.78, 5) is 4.85. The number of hydrogen-bond acceptors (Lipinski definition) is 4. The minimum absolute atomic E-state index is 0.205. The Bertz CT molecular complexity index is 4240. The van der Waals surface area contributed by atoms with Crippen LogP contribution < -0.4 is 9.80 Å². The molecule has 0 amide bonds. The van der Waals surface area contributed by atoms with Crippen LogP contribution in [0.5, 0.6) is 0 Å². The molecule has 0 radical (unpaired) electrons. The van der Waals surface area contributed by atoms with Crippen LogP contribution in [-0.2, 0) is 0 Å². The Morgan fingerprint density at radius 3 is 1.16 bits per heavy atom. The summed E-state index contributed by atoms with van der Waals surface area (Å²) in [6.45, 7) is 0. The van der Waals surface area contributed by atoms with E-state index in [0.717, 1.165) is 77.4 Å². The van der Waals surface area contributed by atoms with Gasteiger partial charge in [0.05, 0.1) is 0 Å². The van der Waals surface area contributed by atoms with Crippen molar-refractivity contribution in [2.75, 3.05) is 9.80 Å². The van der Waals surface area contributed by atoms with Gasteiger partial charge < -0.3 is 0 Å². The van der Waals surface area contributed by atoms with E-state index in [-0.39, 0.29) is 29.0 Å². The molecule has 15 rings (SSSR count). The number of hydrogen-bond donors (Lipinski definition) is 0. The fourth-order valence-electron chi connectivity index (χ4n) is 10.6. The Morgan fingerprint density at radius 1 is 0.265 bits per heavy atom. The molecule has 4 heterocycles. The maximum atomic E-state index is 6.71. The standard InChI is InChI=1S/C62H36N2O2Se2/c1-3-13-41(14-4-1)63(53-21-11-19-47-45-17-7-9-23-59(45)67-61(47)53)43-27-25-37-31-49-51-35-52-50-32-38-26-28-44(30-40(38)34-56(50)66-58(52)36-57(51)65-55(49)33-39(37)29-43)64(42-15-5-2-6-16-42)54-22-12-20-48-46-18-8-10-24-60(46)68-62(48)54/h1-36H. The van der Waals surface area contributed by atoms with Crippen LogP contribution in [0, 0.1) is 0 Å². The Hall–Kier alpha value is -7.82.